The van der Waals surface area contributed by atoms with Gasteiger partial charge in [-0.2, -0.15) is 5.10 Å². The molecule has 0 saturated heterocycles. The summed E-state index contributed by atoms with van der Waals surface area (Å²) < 4.78 is 11.7. The number of nitrogens with one attached hydrogen (secondary N) is 3. The summed E-state index contributed by atoms with van der Waals surface area (Å²) in [5.74, 6) is -0.936. The molecule has 3 aromatic rings. The smallest absolute Gasteiger partial charge is 0.329 e. The van der Waals surface area contributed by atoms with E-state index in [2.05, 4.69) is 35.0 Å². The molecule has 3 rings (SSSR count). The molecule has 9 nitrogen and oxygen atoms in total. The number of amides is 3. The van der Waals surface area contributed by atoms with Crippen LogP contribution in [0.5, 0.6) is 11.5 Å². The summed E-state index contributed by atoms with van der Waals surface area (Å²) in [4.78, 5) is 36.5. The van der Waals surface area contributed by atoms with Gasteiger partial charge in [0.05, 0.1) is 27.6 Å². The van der Waals surface area contributed by atoms with Gasteiger partial charge in [-0.15, -0.1) is 0 Å². The largest absolute Gasteiger partial charge is 0.493 e. The normalized spacial score (nSPS) is 10.8. The first kappa shape index (κ1) is 29.9. The minimum absolute atomic E-state index is 0.224. The maximum Gasteiger partial charge on any atom is 0.329 e. The third-order valence-electron chi connectivity index (χ3n) is 5.43. The van der Waals surface area contributed by atoms with Crippen LogP contribution in [0.25, 0.3) is 0 Å². The number of benzene rings is 3. The number of halogens is 2. The molecule has 0 atom stereocenters. The molecule has 0 bridgehead atoms. The molecular formula is C28H28ClIN4O5. The number of rotatable bonds is 10. The van der Waals surface area contributed by atoms with Gasteiger partial charge in [-0.25, -0.2) is 5.43 Å². The summed E-state index contributed by atoms with van der Waals surface area (Å²) in [5, 5.41) is 9.54. The Morgan fingerprint density at radius 1 is 1.05 bits per heavy atom. The Morgan fingerprint density at radius 3 is 2.44 bits per heavy atom. The third-order valence-corrected chi connectivity index (χ3v) is 6.56. The molecule has 11 heteroatoms. The number of para-hydroxylation sites is 1. The van der Waals surface area contributed by atoms with Crippen LogP contribution in [0.1, 0.15) is 36.5 Å². The second-order valence-corrected chi connectivity index (χ2v) is 10.2. The zero-order valence-corrected chi connectivity index (χ0v) is 24.5. The van der Waals surface area contributed by atoms with Crippen molar-refractivity contribution in [3.05, 3.63) is 85.9 Å². The quantitative estimate of drug-likeness (QED) is 0.124. The second kappa shape index (κ2) is 14.5. The first-order valence-electron chi connectivity index (χ1n) is 11.9. The number of ether oxygens (including phenoxy) is 2. The van der Waals surface area contributed by atoms with Crippen LogP contribution in [0.2, 0.25) is 5.02 Å². The number of anilines is 1. The summed E-state index contributed by atoms with van der Waals surface area (Å²) >= 11 is 8.11. The highest BCUT2D eigenvalue weighted by Gasteiger charge is 2.15. The Balaban J connectivity index is 1.53. The number of hydrogen-bond acceptors (Lipinski definition) is 6. The minimum atomic E-state index is -0.892. The van der Waals surface area contributed by atoms with Crippen LogP contribution in [0.4, 0.5) is 5.69 Å². The summed E-state index contributed by atoms with van der Waals surface area (Å²) in [7, 11) is 1.46. The molecule has 0 aliphatic heterocycles. The van der Waals surface area contributed by atoms with E-state index in [0.717, 1.165) is 5.56 Å². The molecule has 0 heterocycles. The lowest BCUT2D eigenvalue weighted by molar-refractivity contribution is -0.139. The summed E-state index contributed by atoms with van der Waals surface area (Å²) in [6.45, 7) is 4.16. The standard InChI is InChI=1S/C28H28ClIN4O5/c1-17(2)20-10-8-18(9-11-20)14-31-27(36)28(37)34-32-15-19-12-22(30)26(24(13-19)38-3)39-16-25(35)33-23-7-5-4-6-21(23)29/h4-13,15,17H,14,16H2,1-3H3,(H,31,36)(H,33,35)(H,34,37)/b32-15-. The van der Waals surface area contributed by atoms with Gasteiger partial charge in [0, 0.05) is 6.54 Å². The van der Waals surface area contributed by atoms with Crippen LogP contribution in [-0.2, 0) is 20.9 Å². The molecule has 0 aliphatic rings. The first-order valence-corrected chi connectivity index (χ1v) is 13.4. The average Bonchev–Trinajstić information content (AvgIpc) is 2.92. The summed E-state index contributed by atoms with van der Waals surface area (Å²) in [5.41, 5.74) is 5.35. The topological polar surface area (TPSA) is 118 Å². The van der Waals surface area contributed by atoms with E-state index in [1.165, 1.54) is 18.9 Å². The molecule has 3 aromatic carbocycles. The number of methoxy groups -OCH3 is 1. The van der Waals surface area contributed by atoms with Crippen molar-refractivity contribution in [2.24, 2.45) is 5.10 Å². The number of carbonyl (C=O) groups is 3. The lowest BCUT2D eigenvalue weighted by Gasteiger charge is -2.14. The van der Waals surface area contributed by atoms with Gasteiger partial charge in [0.2, 0.25) is 0 Å². The van der Waals surface area contributed by atoms with Crippen LogP contribution in [0, 0.1) is 3.57 Å². The molecular weight excluding hydrogens is 635 g/mol. The predicted octanol–water partition coefficient (Wildman–Crippen LogP) is 4.86. The fraction of sp³-hybridized carbons (Fsp3) is 0.214. The fourth-order valence-electron chi connectivity index (χ4n) is 3.34. The second-order valence-electron chi connectivity index (χ2n) is 8.63. The van der Waals surface area contributed by atoms with E-state index in [4.69, 9.17) is 21.1 Å². The summed E-state index contributed by atoms with van der Waals surface area (Å²) in [6, 6.07) is 18.1. The molecule has 0 aliphatic carbocycles. The van der Waals surface area contributed by atoms with Crippen molar-refractivity contribution in [2.45, 2.75) is 26.3 Å². The molecule has 3 N–H and O–H groups in total. The number of hydrazone groups is 1. The number of carbonyl (C=O) groups excluding carboxylic acids is 3. The van der Waals surface area contributed by atoms with E-state index in [1.54, 1.807) is 36.4 Å². The van der Waals surface area contributed by atoms with Gasteiger partial charge in [-0.3, -0.25) is 14.4 Å². The number of nitrogens with zero attached hydrogens (tertiary/aromatic N) is 1. The van der Waals surface area contributed by atoms with Gasteiger partial charge in [0.1, 0.15) is 0 Å². The SMILES string of the molecule is COc1cc(/C=N\NC(=O)C(=O)NCc2ccc(C(C)C)cc2)cc(I)c1OCC(=O)Nc1ccccc1Cl. The van der Waals surface area contributed by atoms with Crippen molar-refractivity contribution < 1.29 is 23.9 Å². The van der Waals surface area contributed by atoms with Gasteiger partial charge in [-0.05, 0) is 69.5 Å². The Hall–Kier alpha value is -3.64. The first-order chi connectivity index (χ1) is 18.7. The molecule has 0 radical (unpaired) electrons. The highest BCUT2D eigenvalue weighted by Crippen LogP contribution is 2.33. The van der Waals surface area contributed by atoms with Crippen molar-refractivity contribution >= 4 is 63.8 Å². The van der Waals surface area contributed by atoms with Crippen LogP contribution in [0.15, 0.2) is 65.8 Å². The van der Waals surface area contributed by atoms with Crippen molar-refractivity contribution in [3.8, 4) is 11.5 Å². The molecule has 0 saturated carbocycles. The zero-order chi connectivity index (χ0) is 28.4. The zero-order valence-electron chi connectivity index (χ0n) is 21.6. The van der Waals surface area contributed by atoms with Crippen LogP contribution < -0.4 is 25.5 Å². The van der Waals surface area contributed by atoms with Crippen molar-refractivity contribution in [3.63, 3.8) is 0 Å². The van der Waals surface area contributed by atoms with Crippen molar-refractivity contribution in [1.82, 2.24) is 10.7 Å². The van der Waals surface area contributed by atoms with E-state index in [-0.39, 0.29) is 19.1 Å². The Morgan fingerprint density at radius 2 is 1.77 bits per heavy atom. The minimum Gasteiger partial charge on any atom is -0.493 e. The van der Waals surface area contributed by atoms with Crippen LogP contribution in [0.3, 0.4) is 0 Å². The van der Waals surface area contributed by atoms with E-state index < -0.39 is 11.8 Å². The average molecular weight is 663 g/mol. The van der Waals surface area contributed by atoms with Gasteiger partial charge >= 0.3 is 11.8 Å². The molecule has 3 amide bonds. The van der Waals surface area contributed by atoms with Crippen molar-refractivity contribution in [2.75, 3.05) is 19.0 Å². The van der Waals surface area contributed by atoms with E-state index in [0.29, 0.717) is 37.3 Å². The monoisotopic (exact) mass is 662 g/mol. The van der Waals surface area contributed by atoms with Gasteiger partial charge in [0.15, 0.2) is 18.1 Å². The van der Waals surface area contributed by atoms with Crippen molar-refractivity contribution in [1.29, 1.82) is 0 Å². The van der Waals surface area contributed by atoms with E-state index in [9.17, 15) is 14.4 Å². The molecule has 0 unspecified atom stereocenters. The maximum atomic E-state index is 12.3. The fourth-order valence-corrected chi connectivity index (χ4v) is 4.30. The van der Waals surface area contributed by atoms with Gasteiger partial charge < -0.3 is 20.1 Å². The Bertz CT molecular complexity index is 1360. The Kier molecular flexibility index (Phi) is 11.1. The lowest BCUT2D eigenvalue weighted by Crippen LogP contribution is -2.37. The molecule has 0 aromatic heterocycles. The summed E-state index contributed by atoms with van der Waals surface area (Å²) in [6.07, 6.45) is 1.37. The van der Waals surface area contributed by atoms with E-state index >= 15 is 0 Å². The molecule has 204 valence electrons. The third kappa shape index (κ3) is 8.96. The highest BCUT2D eigenvalue weighted by atomic mass is 127. The maximum absolute atomic E-state index is 12.3. The van der Waals surface area contributed by atoms with E-state index in [1.807, 2.05) is 46.9 Å². The highest BCUT2D eigenvalue weighted by molar-refractivity contribution is 14.1. The lowest BCUT2D eigenvalue weighted by atomic mass is 10.0. The van der Waals surface area contributed by atoms with Gasteiger partial charge in [0.25, 0.3) is 5.91 Å². The van der Waals surface area contributed by atoms with Crippen LogP contribution >= 0.6 is 34.2 Å². The predicted molar refractivity (Wildman–Crippen MR) is 159 cm³/mol. The van der Waals surface area contributed by atoms with Gasteiger partial charge in [-0.1, -0.05) is 61.8 Å². The molecule has 0 fully saturated rings. The molecule has 39 heavy (non-hydrogen) atoms. The molecule has 0 spiro atoms. The Labute approximate surface area is 245 Å². The number of hydrogen-bond donors (Lipinski definition) is 3. The van der Waals surface area contributed by atoms with Crippen LogP contribution in [-0.4, -0.2) is 37.7 Å².